The number of hydrogen-bond donors (Lipinski definition) is 1. The molecular formula is C16H23NO3. The molecule has 4 nitrogen and oxygen atoms in total. The number of aromatic hydroxyl groups is 1. The van der Waals surface area contributed by atoms with Crippen LogP contribution in [0.25, 0.3) is 0 Å². The van der Waals surface area contributed by atoms with Gasteiger partial charge in [-0.25, -0.2) is 4.79 Å². The molecule has 1 N–H and O–H groups in total. The third kappa shape index (κ3) is 3.24. The van der Waals surface area contributed by atoms with E-state index < -0.39 is 5.60 Å². The van der Waals surface area contributed by atoms with Crippen LogP contribution < -0.4 is 0 Å². The molecule has 1 aliphatic heterocycles. The summed E-state index contributed by atoms with van der Waals surface area (Å²) in [5.41, 5.74) is 2.62. The van der Waals surface area contributed by atoms with Gasteiger partial charge < -0.3 is 14.7 Å². The minimum atomic E-state index is -0.495. The van der Waals surface area contributed by atoms with Crippen LogP contribution in [0.4, 0.5) is 4.79 Å². The van der Waals surface area contributed by atoms with Crippen LogP contribution in [0.2, 0.25) is 0 Å². The second-order valence-corrected chi connectivity index (χ2v) is 6.26. The van der Waals surface area contributed by atoms with Gasteiger partial charge in [0.25, 0.3) is 0 Å². The van der Waals surface area contributed by atoms with E-state index in [0.717, 1.165) is 29.5 Å². The number of rotatable bonds is 1. The van der Waals surface area contributed by atoms with E-state index in [-0.39, 0.29) is 11.8 Å². The van der Waals surface area contributed by atoms with E-state index in [1.54, 1.807) is 11.0 Å². The molecule has 0 aliphatic carbocycles. The first-order valence-electron chi connectivity index (χ1n) is 7.11. The lowest BCUT2D eigenvalue weighted by Crippen LogP contribution is -2.39. The molecular weight excluding hydrogens is 254 g/mol. The SMILES string of the molecule is CCc1cc(O)c2c(c1)CCN(C(=O)OC(C)(C)C)C2. The molecule has 2 rings (SSSR count). The highest BCUT2D eigenvalue weighted by atomic mass is 16.6. The van der Waals surface area contributed by atoms with Crippen LogP contribution in [0.1, 0.15) is 44.4 Å². The van der Waals surface area contributed by atoms with Gasteiger partial charge in [0, 0.05) is 12.1 Å². The number of carbonyl (C=O) groups excluding carboxylic acids is 1. The van der Waals surface area contributed by atoms with Crippen molar-refractivity contribution in [1.82, 2.24) is 4.90 Å². The molecule has 0 saturated heterocycles. The molecule has 0 saturated carbocycles. The van der Waals surface area contributed by atoms with E-state index in [4.69, 9.17) is 4.74 Å². The van der Waals surface area contributed by atoms with Crippen molar-refractivity contribution >= 4 is 6.09 Å². The zero-order valence-corrected chi connectivity index (χ0v) is 12.7. The summed E-state index contributed by atoms with van der Waals surface area (Å²) in [6.45, 7) is 8.68. The number of ether oxygens (including phenoxy) is 1. The van der Waals surface area contributed by atoms with Crippen molar-refractivity contribution in [2.45, 2.75) is 52.7 Å². The summed E-state index contributed by atoms with van der Waals surface area (Å²) in [5, 5.41) is 10.1. The van der Waals surface area contributed by atoms with Crippen molar-refractivity contribution in [3.05, 3.63) is 28.8 Å². The quantitative estimate of drug-likeness (QED) is 0.857. The van der Waals surface area contributed by atoms with E-state index in [1.807, 2.05) is 20.8 Å². The predicted molar refractivity (Wildman–Crippen MR) is 77.8 cm³/mol. The first-order chi connectivity index (χ1) is 9.30. The molecule has 0 aromatic heterocycles. The number of carbonyl (C=O) groups is 1. The van der Waals surface area contributed by atoms with E-state index in [0.29, 0.717) is 13.1 Å². The van der Waals surface area contributed by atoms with Crippen molar-refractivity contribution in [1.29, 1.82) is 0 Å². The fraction of sp³-hybridized carbons (Fsp3) is 0.562. The van der Waals surface area contributed by atoms with Crippen LogP contribution >= 0.6 is 0 Å². The van der Waals surface area contributed by atoms with Gasteiger partial charge in [-0.05, 0) is 50.8 Å². The second kappa shape index (κ2) is 5.35. The zero-order chi connectivity index (χ0) is 14.9. The Morgan fingerprint density at radius 3 is 2.70 bits per heavy atom. The van der Waals surface area contributed by atoms with Gasteiger partial charge in [0.05, 0.1) is 6.54 Å². The molecule has 0 atom stereocenters. The first-order valence-corrected chi connectivity index (χ1v) is 7.11. The number of nitrogens with zero attached hydrogens (tertiary/aromatic N) is 1. The smallest absolute Gasteiger partial charge is 0.410 e. The molecule has 0 fully saturated rings. The molecule has 1 aromatic carbocycles. The fourth-order valence-corrected chi connectivity index (χ4v) is 2.40. The summed E-state index contributed by atoms with van der Waals surface area (Å²) < 4.78 is 5.38. The Bertz CT molecular complexity index is 517. The molecule has 1 aromatic rings. The number of benzene rings is 1. The Morgan fingerprint density at radius 2 is 2.10 bits per heavy atom. The van der Waals surface area contributed by atoms with Crippen LogP contribution in [0, 0.1) is 0 Å². The summed E-state index contributed by atoms with van der Waals surface area (Å²) in [5.74, 6) is 0.285. The van der Waals surface area contributed by atoms with Gasteiger partial charge >= 0.3 is 6.09 Å². The van der Waals surface area contributed by atoms with E-state index in [1.165, 1.54) is 0 Å². The number of phenolic OH excluding ortho intramolecular Hbond substituents is 1. The second-order valence-electron chi connectivity index (χ2n) is 6.26. The molecule has 1 heterocycles. The van der Waals surface area contributed by atoms with Crippen LogP contribution in [0.3, 0.4) is 0 Å². The molecule has 0 radical (unpaired) electrons. The maximum Gasteiger partial charge on any atom is 0.410 e. The minimum Gasteiger partial charge on any atom is -0.508 e. The van der Waals surface area contributed by atoms with Crippen molar-refractivity contribution in [3.63, 3.8) is 0 Å². The average Bonchev–Trinajstić information content (AvgIpc) is 2.36. The van der Waals surface area contributed by atoms with Gasteiger partial charge in [0.1, 0.15) is 11.4 Å². The van der Waals surface area contributed by atoms with Gasteiger partial charge in [-0.15, -0.1) is 0 Å². The van der Waals surface area contributed by atoms with Gasteiger partial charge in [0.15, 0.2) is 0 Å². The normalized spacial score (nSPS) is 14.9. The highest BCUT2D eigenvalue weighted by Crippen LogP contribution is 2.30. The number of fused-ring (bicyclic) bond motifs is 1. The summed E-state index contributed by atoms with van der Waals surface area (Å²) >= 11 is 0. The van der Waals surface area contributed by atoms with Gasteiger partial charge in [-0.2, -0.15) is 0 Å². The lowest BCUT2D eigenvalue weighted by Gasteiger charge is -2.31. The van der Waals surface area contributed by atoms with Crippen LogP contribution in [0.5, 0.6) is 5.75 Å². The summed E-state index contributed by atoms with van der Waals surface area (Å²) in [4.78, 5) is 13.7. The molecule has 0 spiro atoms. The van der Waals surface area contributed by atoms with Gasteiger partial charge in [-0.3, -0.25) is 0 Å². The fourth-order valence-electron chi connectivity index (χ4n) is 2.40. The Morgan fingerprint density at radius 1 is 1.40 bits per heavy atom. The highest BCUT2D eigenvalue weighted by molar-refractivity contribution is 5.69. The number of amides is 1. The molecule has 110 valence electrons. The molecule has 1 amide bonds. The lowest BCUT2D eigenvalue weighted by atomic mass is 9.95. The highest BCUT2D eigenvalue weighted by Gasteiger charge is 2.27. The lowest BCUT2D eigenvalue weighted by molar-refractivity contribution is 0.0223. The summed E-state index contributed by atoms with van der Waals surface area (Å²) in [6, 6.07) is 3.92. The van der Waals surface area contributed by atoms with Crippen molar-refractivity contribution < 1.29 is 14.6 Å². The van der Waals surface area contributed by atoms with E-state index in [2.05, 4.69) is 13.0 Å². The maximum absolute atomic E-state index is 12.1. The Hall–Kier alpha value is -1.71. The van der Waals surface area contributed by atoms with Crippen molar-refractivity contribution in [2.24, 2.45) is 0 Å². The molecule has 1 aliphatic rings. The van der Waals surface area contributed by atoms with Crippen molar-refractivity contribution in [3.8, 4) is 5.75 Å². The summed E-state index contributed by atoms with van der Waals surface area (Å²) in [6.07, 6.45) is 1.34. The maximum atomic E-state index is 12.1. The van der Waals surface area contributed by atoms with E-state index in [9.17, 15) is 9.90 Å². The van der Waals surface area contributed by atoms with Crippen LogP contribution in [-0.2, 0) is 24.1 Å². The van der Waals surface area contributed by atoms with E-state index >= 15 is 0 Å². The summed E-state index contributed by atoms with van der Waals surface area (Å²) in [7, 11) is 0. The monoisotopic (exact) mass is 277 g/mol. The Labute approximate surface area is 120 Å². The third-order valence-corrected chi connectivity index (χ3v) is 3.44. The van der Waals surface area contributed by atoms with Gasteiger partial charge in [0.2, 0.25) is 0 Å². The number of hydrogen-bond acceptors (Lipinski definition) is 3. The first kappa shape index (κ1) is 14.7. The molecule has 0 bridgehead atoms. The molecule has 4 heteroatoms. The zero-order valence-electron chi connectivity index (χ0n) is 12.7. The molecule has 0 unspecified atom stereocenters. The largest absolute Gasteiger partial charge is 0.508 e. The predicted octanol–water partition coefficient (Wildman–Crippen LogP) is 3.25. The van der Waals surface area contributed by atoms with Crippen LogP contribution in [-0.4, -0.2) is 28.2 Å². The van der Waals surface area contributed by atoms with Crippen LogP contribution in [0.15, 0.2) is 12.1 Å². The topological polar surface area (TPSA) is 49.8 Å². The average molecular weight is 277 g/mol. The van der Waals surface area contributed by atoms with Crippen molar-refractivity contribution in [2.75, 3.05) is 6.54 Å². The third-order valence-electron chi connectivity index (χ3n) is 3.44. The van der Waals surface area contributed by atoms with Gasteiger partial charge in [-0.1, -0.05) is 13.0 Å². The minimum absolute atomic E-state index is 0.285. The number of phenols is 1. The number of aryl methyl sites for hydroxylation is 1. The standard InChI is InChI=1S/C16H23NO3/c1-5-11-8-12-6-7-17(10-13(12)14(18)9-11)15(19)20-16(2,3)4/h8-9,18H,5-7,10H2,1-4H3. The Balaban J connectivity index is 2.17. The Kier molecular flexibility index (Phi) is 3.93. The molecule has 20 heavy (non-hydrogen) atoms.